The van der Waals surface area contributed by atoms with Gasteiger partial charge in [0.1, 0.15) is 30.2 Å². The van der Waals surface area contributed by atoms with Crippen molar-refractivity contribution >= 4 is 5.69 Å². The molecule has 12 heteroatoms. The van der Waals surface area contributed by atoms with E-state index in [1.54, 1.807) is 6.92 Å². The molecule has 6 N–H and O–H groups in total. The third kappa shape index (κ3) is 5.02. The Labute approximate surface area is 183 Å². The number of ether oxygens (including phenoxy) is 3. The van der Waals surface area contributed by atoms with Crippen molar-refractivity contribution in [3.63, 3.8) is 0 Å². The maximum absolute atomic E-state index is 10.8. The van der Waals surface area contributed by atoms with Crippen LogP contribution in [0.25, 0.3) is 0 Å². The lowest BCUT2D eigenvalue weighted by Gasteiger charge is -2.46. The minimum Gasteiger partial charge on any atom is -0.462 e. The van der Waals surface area contributed by atoms with Gasteiger partial charge >= 0.3 is 0 Å². The second kappa shape index (κ2) is 10.4. The second-order valence-corrected chi connectivity index (χ2v) is 8.23. The molecular formula is C20H29NO11. The molecule has 1 aromatic carbocycles. The minimum atomic E-state index is -1.60. The Morgan fingerprint density at radius 1 is 1.03 bits per heavy atom. The summed E-state index contributed by atoms with van der Waals surface area (Å²) in [7, 11) is 0. The first kappa shape index (κ1) is 24.7. The lowest BCUT2D eigenvalue weighted by molar-refractivity contribution is -0.384. The van der Waals surface area contributed by atoms with Crippen LogP contribution in [0.15, 0.2) is 24.3 Å². The summed E-state index contributed by atoms with van der Waals surface area (Å²) in [6, 6.07) is 5.01. The number of aliphatic hydroxyl groups excluding tert-OH is 6. The van der Waals surface area contributed by atoms with Crippen molar-refractivity contribution in [3.8, 4) is 5.75 Å². The van der Waals surface area contributed by atoms with Crippen LogP contribution in [-0.2, 0) is 9.47 Å². The summed E-state index contributed by atoms with van der Waals surface area (Å²) >= 11 is 0. The van der Waals surface area contributed by atoms with Crippen molar-refractivity contribution in [2.75, 3.05) is 13.2 Å². The summed E-state index contributed by atoms with van der Waals surface area (Å²) in [6.07, 6.45) is -9.74. The topological polar surface area (TPSA) is 192 Å². The fourth-order valence-corrected chi connectivity index (χ4v) is 4.17. The molecule has 32 heavy (non-hydrogen) atoms. The Bertz CT molecular complexity index is 758. The molecular weight excluding hydrogens is 430 g/mol. The minimum absolute atomic E-state index is 0.101. The summed E-state index contributed by atoms with van der Waals surface area (Å²) in [5.74, 6) is -1.02. The van der Waals surface area contributed by atoms with Crippen LogP contribution in [-0.4, -0.2) is 97.8 Å². The number of nitro groups is 1. The molecule has 1 aromatic rings. The smallest absolute Gasteiger partial charge is 0.269 e. The molecule has 0 amide bonds. The monoisotopic (exact) mass is 459 g/mol. The molecule has 1 saturated heterocycles. The number of nitrogens with zero attached hydrogens (tertiary/aromatic N) is 1. The van der Waals surface area contributed by atoms with Crippen molar-refractivity contribution in [1.82, 2.24) is 0 Å². The standard InChI is InChI=1S/C20H29NO11/c1-9-15(24)10(7-22)6-13(16(9)25)31-19-14(8-23)32-20(18(27)17(19)26)30-12-4-2-11(3-5-12)21(28)29/h2-5,9-10,13-20,22-27H,6-8H2,1H3/t9-,10+,13+,14+,15-,16+,17+,18+,19+,20?/m0/s1. The van der Waals surface area contributed by atoms with E-state index in [2.05, 4.69) is 0 Å². The fourth-order valence-electron chi connectivity index (χ4n) is 4.17. The van der Waals surface area contributed by atoms with Crippen LogP contribution in [0.5, 0.6) is 5.75 Å². The van der Waals surface area contributed by atoms with Gasteiger partial charge in [0.25, 0.3) is 5.69 Å². The van der Waals surface area contributed by atoms with Gasteiger partial charge in [-0.2, -0.15) is 0 Å². The summed E-state index contributed by atoms with van der Waals surface area (Å²) in [6.45, 7) is 0.686. The van der Waals surface area contributed by atoms with Gasteiger partial charge in [-0.05, 0) is 18.6 Å². The zero-order chi connectivity index (χ0) is 23.6. The first-order valence-corrected chi connectivity index (χ1v) is 10.3. The summed E-state index contributed by atoms with van der Waals surface area (Å²) in [5.41, 5.74) is -0.157. The van der Waals surface area contributed by atoms with Crippen LogP contribution < -0.4 is 4.74 Å². The van der Waals surface area contributed by atoms with Crippen molar-refractivity contribution in [2.24, 2.45) is 11.8 Å². The predicted molar refractivity (Wildman–Crippen MR) is 107 cm³/mol. The number of benzene rings is 1. The highest BCUT2D eigenvalue weighted by molar-refractivity contribution is 5.36. The number of nitro benzene ring substituents is 1. The molecule has 1 aliphatic heterocycles. The average molecular weight is 459 g/mol. The maximum atomic E-state index is 10.8. The van der Waals surface area contributed by atoms with Gasteiger partial charge in [-0.15, -0.1) is 0 Å². The number of rotatable bonds is 7. The van der Waals surface area contributed by atoms with E-state index < -0.39 is 72.4 Å². The van der Waals surface area contributed by atoms with Crippen molar-refractivity contribution < 1.29 is 49.8 Å². The summed E-state index contributed by atoms with van der Waals surface area (Å²) in [4.78, 5) is 10.2. The van der Waals surface area contributed by atoms with Gasteiger partial charge in [-0.1, -0.05) is 6.92 Å². The van der Waals surface area contributed by atoms with E-state index in [9.17, 15) is 40.8 Å². The Morgan fingerprint density at radius 2 is 1.69 bits per heavy atom. The Kier molecular flexibility index (Phi) is 8.01. The Hall–Kier alpha value is -1.90. The maximum Gasteiger partial charge on any atom is 0.269 e. The Morgan fingerprint density at radius 3 is 2.25 bits per heavy atom. The molecule has 0 aromatic heterocycles. The van der Waals surface area contributed by atoms with Gasteiger partial charge in [0, 0.05) is 30.6 Å². The van der Waals surface area contributed by atoms with Crippen LogP contribution in [0.4, 0.5) is 5.69 Å². The quantitative estimate of drug-likeness (QED) is 0.206. The van der Waals surface area contributed by atoms with E-state index in [0.717, 1.165) is 0 Å². The van der Waals surface area contributed by atoms with Gasteiger partial charge in [0.2, 0.25) is 6.29 Å². The van der Waals surface area contributed by atoms with E-state index in [1.807, 2.05) is 0 Å². The van der Waals surface area contributed by atoms with Gasteiger partial charge in [-0.3, -0.25) is 10.1 Å². The summed E-state index contributed by atoms with van der Waals surface area (Å²) < 4.78 is 16.9. The van der Waals surface area contributed by atoms with Crippen LogP contribution in [0.2, 0.25) is 0 Å². The van der Waals surface area contributed by atoms with Crippen LogP contribution in [0, 0.1) is 22.0 Å². The zero-order valence-electron chi connectivity index (χ0n) is 17.4. The predicted octanol–water partition coefficient (Wildman–Crippen LogP) is -1.46. The number of hydrogen-bond donors (Lipinski definition) is 6. The van der Waals surface area contributed by atoms with E-state index in [-0.39, 0.29) is 24.5 Å². The molecule has 0 spiro atoms. The van der Waals surface area contributed by atoms with E-state index in [4.69, 9.17) is 14.2 Å². The molecule has 1 unspecified atom stereocenters. The largest absolute Gasteiger partial charge is 0.462 e. The number of aliphatic hydroxyl groups is 6. The van der Waals surface area contributed by atoms with Gasteiger partial charge in [0.05, 0.1) is 29.8 Å². The molecule has 180 valence electrons. The third-order valence-electron chi connectivity index (χ3n) is 6.16. The average Bonchev–Trinajstić information content (AvgIpc) is 2.79. The fraction of sp³-hybridized carbons (Fsp3) is 0.700. The van der Waals surface area contributed by atoms with Crippen molar-refractivity contribution in [1.29, 1.82) is 0 Å². The SMILES string of the molecule is C[C@H]1[C@H](O)[C@@H](CO)C[C@@H](O[C@H]2[C@H](O)[C@@H](O)C(Oc3ccc([N+](=O)[O-])cc3)O[C@@H]2CO)[C@@H]1O. The van der Waals surface area contributed by atoms with Gasteiger partial charge < -0.3 is 44.8 Å². The molecule has 10 atom stereocenters. The van der Waals surface area contributed by atoms with Crippen LogP contribution >= 0.6 is 0 Å². The van der Waals surface area contributed by atoms with Crippen LogP contribution in [0.3, 0.4) is 0 Å². The van der Waals surface area contributed by atoms with E-state index in [0.29, 0.717) is 0 Å². The Balaban J connectivity index is 1.70. The first-order chi connectivity index (χ1) is 15.2. The molecule has 0 bridgehead atoms. The highest BCUT2D eigenvalue weighted by atomic mass is 16.7. The van der Waals surface area contributed by atoms with Crippen molar-refractivity contribution in [3.05, 3.63) is 34.4 Å². The van der Waals surface area contributed by atoms with Gasteiger partial charge in [0.15, 0.2) is 0 Å². The number of non-ortho nitro benzene ring substituents is 1. The zero-order valence-corrected chi connectivity index (χ0v) is 17.4. The second-order valence-electron chi connectivity index (χ2n) is 8.23. The number of hydrogen-bond acceptors (Lipinski definition) is 11. The highest BCUT2D eigenvalue weighted by Crippen LogP contribution is 2.35. The normalized spacial score (nSPS) is 40.1. The lowest BCUT2D eigenvalue weighted by atomic mass is 9.76. The van der Waals surface area contributed by atoms with Crippen LogP contribution in [0.1, 0.15) is 13.3 Å². The van der Waals surface area contributed by atoms with Gasteiger partial charge in [-0.25, -0.2) is 0 Å². The van der Waals surface area contributed by atoms with Crippen molar-refractivity contribution in [2.45, 2.75) is 62.4 Å². The van der Waals surface area contributed by atoms with E-state index >= 15 is 0 Å². The molecule has 1 aliphatic carbocycles. The molecule has 2 aliphatic rings. The first-order valence-electron chi connectivity index (χ1n) is 10.3. The summed E-state index contributed by atoms with van der Waals surface area (Å²) in [5, 5.41) is 71.8. The molecule has 3 rings (SSSR count). The molecule has 1 saturated carbocycles. The molecule has 0 radical (unpaired) electrons. The highest BCUT2D eigenvalue weighted by Gasteiger charge is 2.49. The molecule has 1 heterocycles. The molecule has 2 fully saturated rings. The molecule has 12 nitrogen and oxygen atoms in total. The third-order valence-corrected chi connectivity index (χ3v) is 6.16. The van der Waals surface area contributed by atoms with E-state index in [1.165, 1.54) is 24.3 Å². The lowest BCUT2D eigenvalue weighted by Crippen LogP contribution is -2.63.